The lowest BCUT2D eigenvalue weighted by Crippen LogP contribution is -2.41. The number of carbonyl (C=O) groups excluding carboxylic acids is 1. The van der Waals surface area contributed by atoms with Crippen molar-refractivity contribution in [2.75, 3.05) is 19.6 Å². The molecule has 1 unspecified atom stereocenters. The van der Waals surface area contributed by atoms with E-state index in [1.54, 1.807) is 25.1 Å². The van der Waals surface area contributed by atoms with E-state index in [9.17, 15) is 13.2 Å². The number of hydrogen-bond acceptors (Lipinski definition) is 3. The molecule has 1 saturated heterocycles. The minimum absolute atomic E-state index is 0.0706. The second-order valence-electron chi connectivity index (χ2n) is 8.04. The molecule has 7 heteroatoms. The maximum Gasteiger partial charge on any atom is 0.242 e. The zero-order valence-electron chi connectivity index (χ0n) is 17.5. The molecule has 1 N–H and O–H groups in total. The average Bonchev–Trinajstić information content (AvgIpc) is 2.71. The fraction of sp³-hybridized carbons (Fsp3) is 0.435. The molecule has 1 atom stereocenters. The summed E-state index contributed by atoms with van der Waals surface area (Å²) in [5, 5.41) is 0.195. The summed E-state index contributed by atoms with van der Waals surface area (Å²) in [6, 6.07) is 14.6. The van der Waals surface area contributed by atoms with Gasteiger partial charge >= 0.3 is 0 Å². The van der Waals surface area contributed by atoms with Crippen LogP contribution in [0.25, 0.3) is 0 Å². The van der Waals surface area contributed by atoms with Crippen molar-refractivity contribution in [2.24, 2.45) is 5.92 Å². The van der Waals surface area contributed by atoms with Crippen molar-refractivity contribution in [3.05, 3.63) is 64.7 Å². The summed E-state index contributed by atoms with van der Waals surface area (Å²) in [5.74, 6) is 0.325. The van der Waals surface area contributed by atoms with E-state index in [4.69, 9.17) is 11.6 Å². The second kappa shape index (κ2) is 9.94. The van der Waals surface area contributed by atoms with E-state index >= 15 is 0 Å². The van der Waals surface area contributed by atoms with Gasteiger partial charge in [-0.05, 0) is 49.3 Å². The van der Waals surface area contributed by atoms with Gasteiger partial charge < -0.3 is 4.90 Å². The Morgan fingerprint density at radius 3 is 2.43 bits per heavy atom. The van der Waals surface area contributed by atoms with Crippen LogP contribution in [0.5, 0.6) is 0 Å². The van der Waals surface area contributed by atoms with Crippen LogP contribution >= 0.6 is 11.6 Å². The quantitative estimate of drug-likeness (QED) is 0.684. The molecule has 2 aromatic rings. The number of amides is 1. The Morgan fingerprint density at radius 1 is 1.13 bits per heavy atom. The Hall–Kier alpha value is -1.89. The van der Waals surface area contributed by atoms with Crippen molar-refractivity contribution in [2.45, 2.75) is 43.9 Å². The van der Waals surface area contributed by atoms with Gasteiger partial charge in [-0.3, -0.25) is 4.79 Å². The normalized spacial score (nSPS) is 16.4. The van der Waals surface area contributed by atoms with Crippen molar-refractivity contribution < 1.29 is 13.2 Å². The van der Waals surface area contributed by atoms with Gasteiger partial charge in [0.1, 0.15) is 4.90 Å². The Morgan fingerprint density at radius 2 is 1.80 bits per heavy atom. The Balaban J connectivity index is 1.73. The highest BCUT2D eigenvalue weighted by Gasteiger charge is 2.29. The summed E-state index contributed by atoms with van der Waals surface area (Å²) in [6.07, 6.45) is 2.40. The van der Waals surface area contributed by atoms with Crippen molar-refractivity contribution in [1.29, 1.82) is 0 Å². The minimum atomic E-state index is -3.76. The molecule has 162 valence electrons. The summed E-state index contributed by atoms with van der Waals surface area (Å²) in [6.45, 7) is 5.60. The van der Waals surface area contributed by atoms with Gasteiger partial charge in [-0.1, -0.05) is 61.0 Å². The monoisotopic (exact) mass is 448 g/mol. The van der Waals surface area contributed by atoms with E-state index in [0.717, 1.165) is 31.5 Å². The summed E-state index contributed by atoms with van der Waals surface area (Å²) < 4.78 is 28.3. The van der Waals surface area contributed by atoms with Crippen LogP contribution in [0.15, 0.2) is 53.4 Å². The van der Waals surface area contributed by atoms with Gasteiger partial charge in [0.05, 0.1) is 10.9 Å². The zero-order valence-corrected chi connectivity index (χ0v) is 19.0. The van der Waals surface area contributed by atoms with Gasteiger partial charge in [-0.15, -0.1) is 0 Å². The van der Waals surface area contributed by atoms with Crippen LogP contribution in [-0.4, -0.2) is 38.9 Å². The molecule has 30 heavy (non-hydrogen) atoms. The Bertz CT molecular complexity index is 951. The third kappa shape index (κ3) is 5.42. The molecule has 5 nitrogen and oxygen atoms in total. The maximum absolute atomic E-state index is 13.3. The van der Waals surface area contributed by atoms with Crippen LogP contribution in [0.4, 0.5) is 0 Å². The molecule has 3 rings (SSSR count). The zero-order chi connectivity index (χ0) is 21.7. The van der Waals surface area contributed by atoms with Gasteiger partial charge in [0, 0.05) is 19.6 Å². The van der Waals surface area contributed by atoms with Crippen LogP contribution < -0.4 is 4.72 Å². The topological polar surface area (TPSA) is 66.5 Å². The number of nitrogens with zero attached hydrogens (tertiary/aromatic N) is 1. The van der Waals surface area contributed by atoms with Crippen molar-refractivity contribution in [1.82, 2.24) is 9.62 Å². The molecule has 1 amide bonds. The van der Waals surface area contributed by atoms with E-state index in [1.807, 2.05) is 35.2 Å². The number of carbonyl (C=O) groups is 1. The number of sulfonamides is 1. The summed E-state index contributed by atoms with van der Waals surface area (Å²) in [7, 11) is -3.76. The number of nitrogens with one attached hydrogen (secondary N) is 1. The van der Waals surface area contributed by atoms with Crippen LogP contribution in [0.2, 0.25) is 5.02 Å². The number of aryl methyl sites for hydroxylation is 1. The minimum Gasteiger partial charge on any atom is -0.342 e. The first-order valence-corrected chi connectivity index (χ1v) is 12.2. The lowest BCUT2D eigenvalue weighted by molar-refractivity contribution is -0.134. The standard InChI is InChI=1S/C23H29ClN2O3S/c1-17-12-15-26(16-13-17)23(27)20(19-8-4-3-5-9-19)11-14-25-30(28,29)22-18(2)7-6-10-21(22)24/h3-10,17,20,25H,11-16H2,1-2H3. The molecular weight excluding hydrogens is 420 g/mol. The lowest BCUT2D eigenvalue weighted by atomic mass is 9.92. The molecule has 1 fully saturated rings. The highest BCUT2D eigenvalue weighted by Crippen LogP contribution is 2.27. The van der Waals surface area contributed by atoms with E-state index in [2.05, 4.69) is 11.6 Å². The number of piperidine rings is 1. The number of benzene rings is 2. The van der Waals surface area contributed by atoms with Gasteiger partial charge in [-0.2, -0.15) is 0 Å². The first-order valence-electron chi connectivity index (χ1n) is 10.4. The third-order valence-corrected chi connectivity index (χ3v) is 7.84. The predicted molar refractivity (Wildman–Crippen MR) is 120 cm³/mol. The molecular formula is C23H29ClN2O3S. The maximum atomic E-state index is 13.3. The van der Waals surface area contributed by atoms with Crippen molar-refractivity contribution in [3.8, 4) is 0 Å². The molecule has 2 aromatic carbocycles. The first-order chi connectivity index (χ1) is 14.3. The Kier molecular flexibility index (Phi) is 7.55. The highest BCUT2D eigenvalue weighted by molar-refractivity contribution is 7.89. The van der Waals surface area contributed by atoms with E-state index in [-0.39, 0.29) is 28.3 Å². The van der Waals surface area contributed by atoms with Gasteiger partial charge in [0.25, 0.3) is 0 Å². The van der Waals surface area contributed by atoms with Crippen LogP contribution in [-0.2, 0) is 14.8 Å². The molecule has 1 heterocycles. The summed E-state index contributed by atoms with van der Waals surface area (Å²) in [5.41, 5.74) is 1.50. The average molecular weight is 449 g/mol. The van der Waals surface area contributed by atoms with Crippen LogP contribution in [0, 0.1) is 12.8 Å². The predicted octanol–water partition coefficient (Wildman–Crippen LogP) is 4.36. The Labute approximate surface area is 184 Å². The molecule has 0 spiro atoms. The van der Waals surface area contributed by atoms with Gasteiger partial charge in [-0.25, -0.2) is 13.1 Å². The molecule has 0 bridgehead atoms. The fourth-order valence-corrected chi connectivity index (χ4v) is 5.81. The van der Waals surface area contributed by atoms with Crippen LogP contribution in [0.3, 0.4) is 0 Å². The molecule has 0 aromatic heterocycles. The number of halogens is 1. The molecule has 0 saturated carbocycles. The van der Waals surface area contributed by atoms with E-state index in [1.165, 1.54) is 0 Å². The number of likely N-dealkylation sites (tertiary alicyclic amines) is 1. The SMILES string of the molecule is Cc1cccc(Cl)c1S(=O)(=O)NCCC(C(=O)N1CCC(C)CC1)c1ccccc1. The number of hydrogen-bond donors (Lipinski definition) is 1. The highest BCUT2D eigenvalue weighted by atomic mass is 35.5. The largest absolute Gasteiger partial charge is 0.342 e. The summed E-state index contributed by atoms with van der Waals surface area (Å²) >= 11 is 6.14. The first kappa shape index (κ1) is 22.8. The molecule has 0 radical (unpaired) electrons. The number of rotatable bonds is 7. The molecule has 1 aliphatic heterocycles. The second-order valence-corrected chi connectivity index (χ2v) is 10.2. The third-order valence-electron chi connectivity index (χ3n) is 5.75. The van der Waals surface area contributed by atoms with E-state index in [0.29, 0.717) is 17.9 Å². The fourth-order valence-electron chi connectivity index (χ4n) is 3.93. The lowest BCUT2D eigenvalue weighted by Gasteiger charge is -2.33. The van der Waals surface area contributed by atoms with Crippen molar-refractivity contribution in [3.63, 3.8) is 0 Å². The van der Waals surface area contributed by atoms with Crippen LogP contribution in [0.1, 0.15) is 43.2 Å². The summed E-state index contributed by atoms with van der Waals surface area (Å²) in [4.78, 5) is 15.3. The molecule has 0 aliphatic carbocycles. The smallest absolute Gasteiger partial charge is 0.242 e. The molecule has 1 aliphatic rings. The van der Waals surface area contributed by atoms with E-state index < -0.39 is 10.0 Å². The van der Waals surface area contributed by atoms with Gasteiger partial charge in [0.15, 0.2) is 0 Å². The van der Waals surface area contributed by atoms with Gasteiger partial charge in [0.2, 0.25) is 15.9 Å². The van der Waals surface area contributed by atoms with Crippen molar-refractivity contribution >= 4 is 27.5 Å².